The number of hydrogen-bond donors (Lipinski definition) is 0. The molecule has 0 bridgehead atoms. The van der Waals surface area contributed by atoms with E-state index < -0.39 is 28.6 Å². The lowest BCUT2D eigenvalue weighted by Gasteiger charge is -2.20. The van der Waals surface area contributed by atoms with Crippen LogP contribution in [-0.2, 0) is 18.3 Å². The Kier molecular flexibility index (Phi) is 19.9. The number of para-hydroxylation sites is 4. The maximum absolute atomic E-state index is 15.2. The van der Waals surface area contributed by atoms with Gasteiger partial charge in [-0.2, -0.15) is 0 Å². The van der Waals surface area contributed by atoms with Crippen molar-refractivity contribution in [2.75, 3.05) is 0 Å². The molecule has 20 aromatic carbocycles. The Morgan fingerprint density at radius 2 is 0.369 bits per heavy atom. The van der Waals surface area contributed by atoms with Crippen LogP contribution in [0.5, 0.6) is 0 Å². The molecule has 616 valence electrons. The van der Waals surface area contributed by atoms with Crippen molar-refractivity contribution in [1.82, 2.24) is 18.8 Å². The van der Waals surface area contributed by atoms with Crippen LogP contribution in [0.25, 0.3) is 143 Å². The lowest BCUT2D eigenvalue weighted by atomic mass is 9.95. The van der Waals surface area contributed by atoms with E-state index in [1.165, 1.54) is 0 Å². The van der Waals surface area contributed by atoms with E-state index in [1.807, 2.05) is 291 Å². The number of benzene rings is 20. The summed E-state index contributed by atoms with van der Waals surface area (Å²) in [4.78, 5) is 10.5. The zero-order valence-corrected chi connectivity index (χ0v) is 74.0. The van der Waals surface area contributed by atoms with Crippen LogP contribution >= 0.6 is 28.6 Å². The van der Waals surface area contributed by atoms with E-state index in [1.54, 1.807) is 0 Å². The zero-order valence-electron chi connectivity index (χ0n) is 70.4. The summed E-state index contributed by atoms with van der Waals surface area (Å²) < 4.78 is 65.1. The Hall–Kier alpha value is -15.2. The number of imidazole rings is 2. The number of hydrogen-bond acceptors (Lipinski definition) is 6. The smallest absolute Gasteiger partial charge is 0.171 e. The molecule has 0 radical (unpaired) electrons. The van der Waals surface area contributed by atoms with Gasteiger partial charge in [0.15, 0.2) is 28.6 Å². The number of rotatable bonds is 16. The van der Waals surface area contributed by atoms with Gasteiger partial charge in [-0.05, 0) is 162 Å². The van der Waals surface area contributed by atoms with Crippen molar-refractivity contribution in [2.45, 2.75) is 0 Å². The van der Waals surface area contributed by atoms with Crippen molar-refractivity contribution in [1.29, 1.82) is 0 Å². The monoisotopic (exact) mass is 1740 g/mol. The van der Waals surface area contributed by atoms with Crippen LogP contribution in [0.1, 0.15) is 0 Å². The van der Waals surface area contributed by atoms with Crippen molar-refractivity contribution in [3.05, 3.63) is 485 Å². The van der Waals surface area contributed by atoms with Gasteiger partial charge in [0.05, 0.1) is 33.1 Å². The number of nitrogens with zero attached hydrogens (tertiary/aromatic N) is 4. The second-order valence-electron chi connectivity index (χ2n) is 33.2. The van der Waals surface area contributed by atoms with Crippen LogP contribution in [0.2, 0.25) is 0 Å². The SMILES string of the molecule is O=P(c1ccccc1)(c1ccccc1)c1ccc(-c2ccc3c(c2)c2ccc(-c4ccc(P(=O)(c5ccccc5)c5ccccc5)cc4)cc2c2nc4ccccc4n32)cc1.O=P(c1ccccc1)(c1ccccc1)c1ccc2cc(-c3ccc4c(c3)c3ccc(-c5ccc6cc(P(=O)(c7ccccc7)c7ccccc7)ccc6c5)cc3c3nc5ccccc5n43)ccc2c1. The Morgan fingerprint density at radius 1 is 0.154 bits per heavy atom. The van der Waals surface area contributed by atoms with Gasteiger partial charge in [-0.1, -0.05) is 400 Å². The van der Waals surface area contributed by atoms with Gasteiger partial charge < -0.3 is 18.3 Å². The summed E-state index contributed by atoms with van der Waals surface area (Å²) in [6, 6.07) is 164. The fourth-order valence-electron chi connectivity index (χ4n) is 19.3. The number of pyridine rings is 2. The van der Waals surface area contributed by atoms with Crippen molar-refractivity contribution >= 4 is 190 Å². The van der Waals surface area contributed by atoms with E-state index in [9.17, 15) is 0 Å². The first-order chi connectivity index (χ1) is 63.9. The molecule has 0 amide bonds. The summed E-state index contributed by atoms with van der Waals surface area (Å²) in [6.45, 7) is 0. The lowest BCUT2D eigenvalue weighted by Crippen LogP contribution is -2.24. The fraction of sp³-hybridized carbons (Fsp3) is 0. The minimum atomic E-state index is -3.12. The molecular formula is C118H80N4O4P4. The summed E-state index contributed by atoms with van der Waals surface area (Å²) in [5, 5.41) is 20.6. The largest absolute Gasteiger partial charge is 0.309 e. The van der Waals surface area contributed by atoms with Gasteiger partial charge in [-0.25, -0.2) is 9.97 Å². The van der Waals surface area contributed by atoms with Gasteiger partial charge in [-0.15, -0.1) is 0 Å². The van der Waals surface area contributed by atoms with Crippen LogP contribution in [0.15, 0.2) is 485 Å². The van der Waals surface area contributed by atoms with Crippen LogP contribution in [0.3, 0.4) is 0 Å². The predicted octanol–water partition coefficient (Wildman–Crippen LogP) is 25.1. The number of fused-ring (bicyclic) bond motifs is 18. The highest BCUT2D eigenvalue weighted by molar-refractivity contribution is 7.86. The molecule has 0 atom stereocenters. The highest BCUT2D eigenvalue weighted by Crippen LogP contribution is 2.49. The standard InChI is InChI=1S/C63H42N2O2P2.C55H38N2O2P2/c66-68(51-15-5-1-6-16-51,52-17-7-2-8-18-52)55-33-29-45-37-43(25-27-47(45)39-55)49-31-35-57-58-41-50(32-36-61(58)65-62-24-14-13-23-60(62)64-63(65)59(57)42-49)44-26-28-48-40-56(34-30-46(48)38-44)69(67,53-19-9-3-10-20-53)54-21-11-4-12-22-54;58-60(43-15-5-1-6-16-43,44-17-7-2-8-18-44)47-31-25-39(26-32-47)41-29-35-49-50-37-42(30-36-53(50)57-54-24-14-13-23-52(54)56-55(57)51(49)38-41)40-27-33-48(34-28-40)61(59,45-19-9-3-10-20-45)46-21-11-4-12-22-46/h1-42H;1-38H. The molecule has 0 saturated carbocycles. The van der Waals surface area contributed by atoms with E-state index in [0.29, 0.717) is 0 Å². The molecule has 0 spiro atoms. The first-order valence-electron chi connectivity index (χ1n) is 43.6. The van der Waals surface area contributed by atoms with Gasteiger partial charge in [0, 0.05) is 85.2 Å². The Bertz CT molecular complexity index is 8600. The second kappa shape index (κ2) is 32.6. The minimum Gasteiger partial charge on any atom is -0.309 e. The van der Waals surface area contributed by atoms with Crippen molar-refractivity contribution in [2.24, 2.45) is 0 Å². The van der Waals surface area contributed by atoms with Crippen LogP contribution < -0.4 is 63.7 Å². The normalized spacial score (nSPS) is 12.1. The molecule has 4 aromatic heterocycles. The zero-order chi connectivity index (χ0) is 87.1. The summed E-state index contributed by atoms with van der Waals surface area (Å²) in [5.74, 6) is 0. The van der Waals surface area contributed by atoms with Gasteiger partial charge >= 0.3 is 0 Å². The molecule has 130 heavy (non-hydrogen) atoms. The van der Waals surface area contributed by atoms with Crippen molar-refractivity contribution in [3.8, 4) is 44.5 Å². The second-order valence-corrected chi connectivity index (χ2v) is 44.3. The maximum atomic E-state index is 15.2. The van der Waals surface area contributed by atoms with Gasteiger partial charge in [0.2, 0.25) is 0 Å². The molecule has 12 heteroatoms. The average Bonchev–Trinajstić information content (AvgIpc) is 1.54. The van der Waals surface area contributed by atoms with Crippen LogP contribution in [0, 0.1) is 0 Å². The maximum Gasteiger partial charge on any atom is 0.171 e. The minimum absolute atomic E-state index is 0.797. The van der Waals surface area contributed by atoms with E-state index in [0.717, 1.165) is 206 Å². The molecule has 0 fully saturated rings. The number of aromatic nitrogens is 4. The molecule has 0 aliphatic heterocycles. The summed E-state index contributed by atoms with van der Waals surface area (Å²) in [5.41, 5.74) is 16.6. The Labute approximate surface area is 751 Å². The van der Waals surface area contributed by atoms with E-state index in [4.69, 9.17) is 9.97 Å². The molecule has 0 saturated heterocycles. The van der Waals surface area contributed by atoms with Gasteiger partial charge in [0.25, 0.3) is 0 Å². The molecule has 8 nitrogen and oxygen atoms in total. The highest BCUT2D eigenvalue weighted by atomic mass is 31.2. The van der Waals surface area contributed by atoms with E-state index in [-0.39, 0.29) is 0 Å². The molecular weight excluding hydrogens is 1660 g/mol. The predicted molar refractivity (Wildman–Crippen MR) is 550 cm³/mol. The van der Waals surface area contributed by atoms with E-state index in [2.05, 4.69) is 203 Å². The third-order valence-electron chi connectivity index (χ3n) is 25.8. The summed E-state index contributed by atoms with van der Waals surface area (Å²) in [6.07, 6.45) is 0. The van der Waals surface area contributed by atoms with E-state index >= 15 is 18.3 Å². The lowest BCUT2D eigenvalue weighted by molar-refractivity contribution is 0.591. The molecule has 24 rings (SSSR count). The first kappa shape index (κ1) is 79.4. The van der Waals surface area contributed by atoms with Crippen molar-refractivity contribution in [3.63, 3.8) is 0 Å². The topological polar surface area (TPSA) is 103 Å². The van der Waals surface area contributed by atoms with Crippen LogP contribution in [0.4, 0.5) is 0 Å². The first-order valence-corrected chi connectivity index (χ1v) is 50.5. The Balaban J connectivity index is 0.000000149. The van der Waals surface area contributed by atoms with Gasteiger partial charge in [-0.3, -0.25) is 8.80 Å². The van der Waals surface area contributed by atoms with Crippen LogP contribution in [-0.4, -0.2) is 18.8 Å². The molecule has 0 unspecified atom stereocenters. The quantitative estimate of drug-likeness (QED) is 0.0705. The third-order valence-corrected chi connectivity index (χ3v) is 38.1. The summed E-state index contributed by atoms with van der Waals surface area (Å²) in [7, 11) is -12.4. The third kappa shape index (κ3) is 13.5. The fourth-order valence-corrected chi connectivity index (χ4v) is 29.9. The van der Waals surface area contributed by atoms with Crippen molar-refractivity contribution < 1.29 is 18.3 Å². The Morgan fingerprint density at radius 3 is 0.685 bits per heavy atom. The average molecular weight is 1740 g/mol. The molecule has 24 aromatic rings. The van der Waals surface area contributed by atoms with Gasteiger partial charge in [0.1, 0.15) is 11.3 Å². The molecule has 4 heterocycles. The highest BCUT2D eigenvalue weighted by Gasteiger charge is 2.35. The summed E-state index contributed by atoms with van der Waals surface area (Å²) >= 11 is 0. The molecule has 0 N–H and O–H groups in total. The molecule has 0 aliphatic carbocycles. The molecule has 0 aliphatic rings.